The zero-order valence-electron chi connectivity index (χ0n) is 26.1. The van der Waals surface area contributed by atoms with Crippen molar-refractivity contribution in [2.24, 2.45) is 0 Å². The third-order valence-electron chi connectivity index (χ3n) is 7.51. The van der Waals surface area contributed by atoms with Gasteiger partial charge in [-0.15, -0.1) is 0 Å². The molecule has 2 amide bonds. The second-order valence-electron chi connectivity index (χ2n) is 12.0. The molecule has 0 radical (unpaired) electrons. The highest BCUT2D eigenvalue weighted by molar-refractivity contribution is 6.16. The molecule has 1 heterocycles. The number of para-hydroxylation sites is 1. The third-order valence-corrected chi connectivity index (χ3v) is 7.51. The number of hydrogen-bond donors (Lipinski definition) is 1. The Morgan fingerprint density at radius 2 is 1.36 bits per heavy atom. The fourth-order valence-electron chi connectivity index (χ4n) is 5.73. The lowest BCUT2D eigenvalue weighted by atomic mass is 9.96. The second-order valence-corrected chi connectivity index (χ2v) is 12.0. The monoisotopic (exact) mass is 601 g/mol. The van der Waals surface area contributed by atoms with Crippen molar-refractivity contribution in [1.29, 1.82) is 0 Å². The molecule has 0 fully saturated rings. The van der Waals surface area contributed by atoms with Crippen LogP contribution in [0.2, 0.25) is 0 Å². The summed E-state index contributed by atoms with van der Waals surface area (Å²) < 4.78 is 5.66. The summed E-state index contributed by atoms with van der Waals surface area (Å²) in [6, 6.07) is 36.1. The van der Waals surface area contributed by atoms with Crippen LogP contribution in [0.4, 0.5) is 5.69 Å². The first-order valence-corrected chi connectivity index (χ1v) is 15.2. The zero-order chi connectivity index (χ0) is 32.0. The van der Waals surface area contributed by atoms with E-state index in [0.29, 0.717) is 11.3 Å². The van der Waals surface area contributed by atoms with Crippen molar-refractivity contribution in [1.82, 2.24) is 10.2 Å². The van der Waals surface area contributed by atoms with Crippen molar-refractivity contribution < 1.29 is 19.1 Å². The Morgan fingerprint density at radius 1 is 0.822 bits per heavy atom. The summed E-state index contributed by atoms with van der Waals surface area (Å²) in [5.41, 5.74) is 2.72. The predicted molar refractivity (Wildman–Crippen MR) is 176 cm³/mol. The van der Waals surface area contributed by atoms with E-state index in [0.717, 1.165) is 11.1 Å². The minimum Gasteiger partial charge on any atom is -0.463 e. The number of carbonyl (C=O) groups excluding carboxylic acids is 3. The lowest BCUT2D eigenvalue weighted by Gasteiger charge is -2.36. The van der Waals surface area contributed by atoms with Crippen LogP contribution in [0.1, 0.15) is 56.5 Å². The van der Waals surface area contributed by atoms with E-state index >= 15 is 0 Å². The Balaban J connectivity index is 1.81. The van der Waals surface area contributed by atoms with Crippen LogP contribution in [-0.2, 0) is 25.7 Å². The van der Waals surface area contributed by atoms with E-state index < -0.39 is 29.5 Å². The van der Waals surface area contributed by atoms with Gasteiger partial charge in [0, 0.05) is 17.8 Å². The molecule has 0 saturated carbocycles. The molecule has 230 valence electrons. The molecule has 2 atom stereocenters. The minimum atomic E-state index is -0.943. The average molecular weight is 602 g/mol. The van der Waals surface area contributed by atoms with Gasteiger partial charge in [0.1, 0.15) is 11.7 Å². The van der Waals surface area contributed by atoms with Crippen LogP contribution in [0.5, 0.6) is 0 Å². The second kappa shape index (κ2) is 13.6. The summed E-state index contributed by atoms with van der Waals surface area (Å²) in [4.78, 5) is 46.8. The summed E-state index contributed by atoms with van der Waals surface area (Å²) >= 11 is 0. The quantitative estimate of drug-likeness (QED) is 0.204. The Labute approximate surface area is 265 Å². The van der Waals surface area contributed by atoms with Crippen LogP contribution in [0.25, 0.3) is 0 Å². The van der Waals surface area contributed by atoms with Gasteiger partial charge in [-0.1, -0.05) is 109 Å². The highest BCUT2D eigenvalue weighted by Gasteiger charge is 2.49. The Kier molecular flexibility index (Phi) is 9.48. The number of amides is 2. The Bertz CT molecular complexity index is 1650. The minimum absolute atomic E-state index is 0.127. The number of hydrogen-bond acceptors (Lipinski definition) is 5. The number of nitrogens with zero attached hydrogens (tertiary/aromatic N) is 2. The molecular formula is C38H39N3O4. The molecule has 1 N–H and O–H groups in total. The average Bonchev–Trinajstić information content (AvgIpc) is 3.34. The summed E-state index contributed by atoms with van der Waals surface area (Å²) in [5.74, 6) is -1.28. The zero-order valence-corrected chi connectivity index (χ0v) is 26.1. The predicted octanol–water partition coefficient (Wildman–Crippen LogP) is 6.75. The van der Waals surface area contributed by atoms with Crippen LogP contribution in [-0.4, -0.2) is 34.8 Å². The van der Waals surface area contributed by atoms with Gasteiger partial charge in [0.2, 0.25) is 5.91 Å². The van der Waals surface area contributed by atoms with Gasteiger partial charge in [-0.2, -0.15) is 0 Å². The number of rotatable bonds is 10. The lowest BCUT2D eigenvalue weighted by molar-refractivity contribution is -0.139. The topological polar surface area (TPSA) is 79.0 Å². The van der Waals surface area contributed by atoms with E-state index in [-0.39, 0.29) is 30.3 Å². The molecule has 45 heavy (non-hydrogen) atoms. The van der Waals surface area contributed by atoms with Crippen molar-refractivity contribution in [3.63, 3.8) is 0 Å². The molecule has 1 aliphatic rings. The number of benzene rings is 4. The fraction of sp³-hybridized carbons (Fsp3) is 0.237. The van der Waals surface area contributed by atoms with Crippen LogP contribution in [0, 0.1) is 0 Å². The molecule has 0 saturated heterocycles. The molecule has 0 spiro atoms. The molecule has 7 nitrogen and oxygen atoms in total. The molecule has 0 aromatic heterocycles. The summed E-state index contributed by atoms with van der Waals surface area (Å²) in [7, 11) is 0. The summed E-state index contributed by atoms with van der Waals surface area (Å²) in [5, 5.41) is 3.13. The molecule has 0 bridgehead atoms. The molecule has 0 aliphatic carbocycles. The van der Waals surface area contributed by atoms with E-state index in [4.69, 9.17) is 4.74 Å². The number of nitrogens with one attached hydrogen (secondary N) is 1. The standard InChI is InChI=1S/C38H39N3O4/c1-5-45-37(44)31-32(28-20-12-7-13-21-28)41(30-24-16-9-17-25-30)36(43)34(31)40(26-27-18-10-6-11-19-27)33(29-22-14-8-15-23-29)35(42)39-38(2,3)4/h6-25,32-33H,5,26H2,1-4H3,(H,39,42). The van der Waals surface area contributed by atoms with Gasteiger partial charge >= 0.3 is 5.97 Å². The SMILES string of the molecule is CCOC(=O)C1=C(N(Cc2ccccc2)C(C(=O)NC(C)(C)C)c2ccccc2)C(=O)N(c2ccccc2)C1c1ccccc1. The van der Waals surface area contributed by atoms with Gasteiger partial charge in [0.25, 0.3) is 5.91 Å². The molecule has 1 aliphatic heterocycles. The highest BCUT2D eigenvalue weighted by atomic mass is 16.5. The highest BCUT2D eigenvalue weighted by Crippen LogP contribution is 2.45. The smallest absolute Gasteiger partial charge is 0.338 e. The van der Waals surface area contributed by atoms with Crippen LogP contribution in [0.3, 0.4) is 0 Å². The maximum atomic E-state index is 15.0. The van der Waals surface area contributed by atoms with Crippen molar-refractivity contribution in [3.8, 4) is 0 Å². The van der Waals surface area contributed by atoms with Crippen LogP contribution < -0.4 is 10.2 Å². The molecular weight excluding hydrogens is 562 g/mol. The van der Waals surface area contributed by atoms with Crippen LogP contribution in [0.15, 0.2) is 133 Å². The van der Waals surface area contributed by atoms with Crippen LogP contribution >= 0.6 is 0 Å². The lowest BCUT2D eigenvalue weighted by Crippen LogP contribution is -2.48. The third kappa shape index (κ3) is 6.99. The Morgan fingerprint density at radius 3 is 1.91 bits per heavy atom. The molecule has 2 unspecified atom stereocenters. The first kappa shape index (κ1) is 31.3. The maximum absolute atomic E-state index is 15.0. The van der Waals surface area contributed by atoms with Gasteiger partial charge in [-0.25, -0.2) is 4.79 Å². The van der Waals surface area contributed by atoms with E-state index in [2.05, 4.69) is 5.32 Å². The van der Waals surface area contributed by atoms with Gasteiger partial charge in [0.05, 0.1) is 18.2 Å². The normalized spacial score (nSPS) is 15.5. The Hall–Kier alpha value is -5.17. The van der Waals surface area contributed by atoms with Crippen molar-refractivity contribution in [2.75, 3.05) is 11.5 Å². The maximum Gasteiger partial charge on any atom is 0.338 e. The van der Waals surface area contributed by atoms with Crippen molar-refractivity contribution >= 4 is 23.5 Å². The van der Waals surface area contributed by atoms with E-state index in [1.54, 1.807) is 16.7 Å². The van der Waals surface area contributed by atoms with E-state index in [9.17, 15) is 14.4 Å². The number of ether oxygens (including phenoxy) is 1. The van der Waals surface area contributed by atoms with E-state index in [1.807, 2.05) is 142 Å². The first-order chi connectivity index (χ1) is 21.7. The van der Waals surface area contributed by atoms with Gasteiger partial charge < -0.3 is 15.0 Å². The van der Waals surface area contributed by atoms with Gasteiger partial charge in [0.15, 0.2) is 0 Å². The molecule has 4 aromatic rings. The first-order valence-electron chi connectivity index (χ1n) is 15.2. The largest absolute Gasteiger partial charge is 0.463 e. The van der Waals surface area contributed by atoms with Gasteiger partial charge in [-0.05, 0) is 56.5 Å². The van der Waals surface area contributed by atoms with E-state index in [1.165, 1.54) is 0 Å². The van der Waals surface area contributed by atoms with Gasteiger partial charge in [-0.3, -0.25) is 14.5 Å². The number of carbonyl (C=O) groups is 3. The molecule has 5 rings (SSSR count). The fourth-order valence-corrected chi connectivity index (χ4v) is 5.73. The summed E-state index contributed by atoms with van der Waals surface area (Å²) in [6.07, 6.45) is 0. The summed E-state index contributed by atoms with van der Waals surface area (Å²) in [6.45, 7) is 7.81. The van der Waals surface area contributed by atoms with Crippen molar-refractivity contribution in [3.05, 3.63) is 149 Å². The molecule has 7 heteroatoms. The number of anilines is 1. The van der Waals surface area contributed by atoms with Crippen molar-refractivity contribution in [2.45, 2.75) is 51.9 Å². The molecule has 4 aromatic carbocycles. The number of esters is 1.